The molecule has 1 fully saturated rings. The van der Waals surface area contributed by atoms with Gasteiger partial charge in [-0.15, -0.1) is 0 Å². The van der Waals surface area contributed by atoms with Crippen LogP contribution in [0.2, 0.25) is 0 Å². The quantitative estimate of drug-likeness (QED) is 0.654. The van der Waals surface area contributed by atoms with Crippen LogP contribution in [0.25, 0.3) is 0 Å². The number of carbonyl (C=O) groups excluding carboxylic acids is 3. The van der Waals surface area contributed by atoms with Crippen LogP contribution in [-0.4, -0.2) is 52.9 Å². The Labute approximate surface area is 200 Å². The standard InChI is InChI=1S/C24H24N4O5S/c29-21(12-20-23(31)27-24(34-20)28-9-1-2-10-28)26-17-6-4-16(5-7-17)22(30)25-13-15-3-8-18-19(11-15)33-14-32-18/h3-8,11,20H,1-2,9-10,12-14H2,(H,25,30)(H,26,29)/t20-/m0/s1. The maximum atomic E-state index is 12.5. The molecule has 1 atom stereocenters. The number of amides is 3. The summed E-state index contributed by atoms with van der Waals surface area (Å²) in [5, 5.41) is 5.91. The second-order valence-corrected chi connectivity index (χ2v) is 9.40. The van der Waals surface area contributed by atoms with Crippen molar-refractivity contribution in [3.63, 3.8) is 0 Å². The van der Waals surface area contributed by atoms with Gasteiger partial charge in [0.1, 0.15) is 5.25 Å². The Morgan fingerprint density at radius 2 is 1.82 bits per heavy atom. The van der Waals surface area contributed by atoms with Crippen molar-refractivity contribution in [3.8, 4) is 11.5 Å². The Bertz CT molecular complexity index is 1140. The molecule has 10 heteroatoms. The number of rotatable bonds is 6. The number of nitrogens with one attached hydrogen (secondary N) is 2. The van der Waals surface area contributed by atoms with Crippen LogP contribution in [0.4, 0.5) is 5.69 Å². The highest BCUT2D eigenvalue weighted by molar-refractivity contribution is 8.15. The number of anilines is 1. The molecule has 0 spiro atoms. The molecule has 3 aliphatic rings. The lowest BCUT2D eigenvalue weighted by atomic mass is 10.1. The lowest BCUT2D eigenvalue weighted by Crippen LogP contribution is -2.25. The lowest BCUT2D eigenvalue weighted by Gasteiger charge is -2.16. The molecular formula is C24H24N4O5S. The van der Waals surface area contributed by atoms with Gasteiger partial charge in [0.2, 0.25) is 12.7 Å². The van der Waals surface area contributed by atoms with Crippen LogP contribution in [-0.2, 0) is 16.1 Å². The van der Waals surface area contributed by atoms with Gasteiger partial charge in [-0.25, -0.2) is 0 Å². The molecule has 34 heavy (non-hydrogen) atoms. The third kappa shape index (κ3) is 5.01. The Morgan fingerprint density at radius 3 is 2.62 bits per heavy atom. The van der Waals surface area contributed by atoms with E-state index in [1.165, 1.54) is 11.8 Å². The fourth-order valence-corrected chi connectivity index (χ4v) is 5.09. The number of benzene rings is 2. The molecule has 9 nitrogen and oxygen atoms in total. The number of fused-ring (bicyclic) bond motifs is 1. The molecule has 0 aliphatic carbocycles. The van der Waals surface area contributed by atoms with Crippen LogP contribution in [0, 0.1) is 0 Å². The highest BCUT2D eigenvalue weighted by atomic mass is 32.2. The summed E-state index contributed by atoms with van der Waals surface area (Å²) in [6.07, 6.45) is 2.26. The second-order valence-electron chi connectivity index (χ2n) is 8.23. The van der Waals surface area contributed by atoms with Crippen molar-refractivity contribution < 1.29 is 23.9 Å². The molecule has 5 rings (SSSR count). The van der Waals surface area contributed by atoms with Crippen LogP contribution in [0.3, 0.4) is 0 Å². The highest BCUT2D eigenvalue weighted by Gasteiger charge is 2.33. The molecule has 2 N–H and O–H groups in total. The van der Waals surface area contributed by atoms with E-state index in [0.29, 0.717) is 29.3 Å². The van der Waals surface area contributed by atoms with E-state index < -0.39 is 5.25 Å². The van der Waals surface area contributed by atoms with Gasteiger partial charge in [0.15, 0.2) is 16.7 Å². The minimum Gasteiger partial charge on any atom is -0.454 e. The van der Waals surface area contributed by atoms with E-state index >= 15 is 0 Å². The molecule has 3 aliphatic heterocycles. The van der Waals surface area contributed by atoms with E-state index in [4.69, 9.17) is 9.47 Å². The van der Waals surface area contributed by atoms with Crippen LogP contribution in [0.5, 0.6) is 11.5 Å². The molecular weight excluding hydrogens is 456 g/mol. The number of aliphatic imine (C=N–C) groups is 1. The third-order valence-corrected chi connectivity index (χ3v) is 7.01. The predicted octanol–water partition coefficient (Wildman–Crippen LogP) is 2.77. The van der Waals surface area contributed by atoms with E-state index in [0.717, 1.165) is 36.7 Å². The SMILES string of the molecule is O=C(C[C@@H]1SC(N2CCCC2)=NC1=O)Nc1ccc(C(=O)NCc2ccc3c(c2)OCO3)cc1. The average molecular weight is 481 g/mol. The van der Waals surface area contributed by atoms with Crippen LogP contribution >= 0.6 is 11.8 Å². The molecule has 0 aromatic heterocycles. The molecule has 0 saturated carbocycles. The number of hydrogen-bond acceptors (Lipinski definition) is 7. The van der Waals surface area contributed by atoms with E-state index in [1.54, 1.807) is 24.3 Å². The minimum atomic E-state index is -0.489. The van der Waals surface area contributed by atoms with Gasteiger partial charge < -0.3 is 25.0 Å². The summed E-state index contributed by atoms with van der Waals surface area (Å²) in [7, 11) is 0. The number of amidine groups is 1. The molecule has 3 amide bonds. The first-order valence-corrected chi connectivity index (χ1v) is 12.0. The zero-order valence-electron chi connectivity index (χ0n) is 18.4. The van der Waals surface area contributed by atoms with E-state index in [1.807, 2.05) is 18.2 Å². The molecule has 0 radical (unpaired) electrons. The Kier molecular flexibility index (Phi) is 6.39. The number of hydrogen-bond donors (Lipinski definition) is 2. The van der Waals surface area contributed by atoms with Crippen molar-refractivity contribution in [1.82, 2.24) is 10.2 Å². The fourth-order valence-electron chi connectivity index (χ4n) is 3.97. The highest BCUT2D eigenvalue weighted by Crippen LogP contribution is 2.32. The third-order valence-electron chi connectivity index (χ3n) is 5.80. The van der Waals surface area contributed by atoms with Gasteiger partial charge >= 0.3 is 0 Å². The van der Waals surface area contributed by atoms with Gasteiger partial charge in [0.05, 0.1) is 0 Å². The fraction of sp³-hybridized carbons (Fsp3) is 0.333. The maximum Gasteiger partial charge on any atom is 0.262 e. The number of carbonyl (C=O) groups is 3. The first-order chi connectivity index (χ1) is 16.5. The molecule has 2 aromatic rings. The Balaban J connectivity index is 1.10. The van der Waals surface area contributed by atoms with Crippen LogP contribution < -0.4 is 20.1 Å². The molecule has 176 valence electrons. The summed E-state index contributed by atoms with van der Waals surface area (Å²) in [5.74, 6) is 0.627. The molecule has 1 saturated heterocycles. The summed E-state index contributed by atoms with van der Waals surface area (Å²) in [5.41, 5.74) is 1.94. The zero-order chi connectivity index (χ0) is 23.5. The summed E-state index contributed by atoms with van der Waals surface area (Å²) >= 11 is 1.37. The Morgan fingerprint density at radius 1 is 1.06 bits per heavy atom. The van der Waals surface area contributed by atoms with E-state index in [-0.39, 0.29) is 30.9 Å². The molecule has 0 bridgehead atoms. The summed E-state index contributed by atoms with van der Waals surface area (Å²) in [6, 6.07) is 12.2. The second kappa shape index (κ2) is 9.76. The first-order valence-electron chi connectivity index (χ1n) is 11.2. The smallest absolute Gasteiger partial charge is 0.262 e. The topological polar surface area (TPSA) is 109 Å². The van der Waals surface area contributed by atoms with Crippen molar-refractivity contribution in [2.24, 2.45) is 4.99 Å². The number of thioether (sulfide) groups is 1. The van der Waals surface area contributed by atoms with Crippen molar-refractivity contribution >= 4 is 40.3 Å². The normalized spacial score (nSPS) is 18.7. The van der Waals surface area contributed by atoms with Crippen molar-refractivity contribution in [2.45, 2.75) is 31.1 Å². The van der Waals surface area contributed by atoms with Gasteiger partial charge in [-0.1, -0.05) is 17.8 Å². The Hall–Kier alpha value is -3.53. The monoisotopic (exact) mass is 480 g/mol. The summed E-state index contributed by atoms with van der Waals surface area (Å²) in [4.78, 5) is 43.4. The van der Waals surface area contributed by atoms with Gasteiger partial charge in [-0.05, 0) is 54.8 Å². The van der Waals surface area contributed by atoms with Gasteiger partial charge in [0.25, 0.3) is 11.8 Å². The van der Waals surface area contributed by atoms with Crippen molar-refractivity contribution in [3.05, 3.63) is 53.6 Å². The lowest BCUT2D eigenvalue weighted by molar-refractivity contribution is -0.121. The predicted molar refractivity (Wildman–Crippen MR) is 128 cm³/mol. The average Bonchev–Trinajstić information content (AvgIpc) is 3.59. The largest absolute Gasteiger partial charge is 0.454 e. The summed E-state index contributed by atoms with van der Waals surface area (Å²) in [6.45, 7) is 2.38. The van der Waals surface area contributed by atoms with Gasteiger partial charge in [-0.2, -0.15) is 4.99 Å². The number of ether oxygens (including phenoxy) is 2. The molecule has 0 unspecified atom stereocenters. The molecule has 2 aromatic carbocycles. The summed E-state index contributed by atoms with van der Waals surface area (Å²) < 4.78 is 10.6. The minimum absolute atomic E-state index is 0.0576. The van der Waals surface area contributed by atoms with Crippen LogP contribution in [0.15, 0.2) is 47.5 Å². The van der Waals surface area contributed by atoms with Crippen LogP contribution in [0.1, 0.15) is 35.2 Å². The van der Waals surface area contributed by atoms with E-state index in [2.05, 4.69) is 20.5 Å². The van der Waals surface area contributed by atoms with E-state index in [9.17, 15) is 14.4 Å². The zero-order valence-corrected chi connectivity index (χ0v) is 19.2. The van der Waals surface area contributed by atoms with Gasteiger partial charge in [-0.3, -0.25) is 14.4 Å². The number of likely N-dealkylation sites (tertiary alicyclic amines) is 1. The van der Waals surface area contributed by atoms with Crippen molar-refractivity contribution in [2.75, 3.05) is 25.2 Å². The molecule has 3 heterocycles. The number of nitrogens with zero attached hydrogens (tertiary/aromatic N) is 2. The van der Waals surface area contributed by atoms with Gasteiger partial charge in [0, 0.05) is 37.3 Å². The first kappa shape index (κ1) is 22.3. The maximum absolute atomic E-state index is 12.5. The van der Waals surface area contributed by atoms with Crippen molar-refractivity contribution in [1.29, 1.82) is 0 Å².